The molecule has 0 aromatic heterocycles. The molecule has 0 radical (unpaired) electrons. The predicted octanol–water partition coefficient (Wildman–Crippen LogP) is 1.94. The first-order valence-electron chi connectivity index (χ1n) is 6.79. The number of hydrogen-bond acceptors (Lipinski definition) is 3. The lowest BCUT2D eigenvalue weighted by Gasteiger charge is -2.20. The van der Waals surface area contributed by atoms with Crippen LogP contribution in [0.4, 0.5) is 0 Å². The highest BCUT2D eigenvalue weighted by molar-refractivity contribution is 5.81. The summed E-state index contributed by atoms with van der Waals surface area (Å²) in [4.78, 5) is 11.8. The van der Waals surface area contributed by atoms with E-state index in [4.69, 9.17) is 10.5 Å². The van der Waals surface area contributed by atoms with E-state index in [0.717, 1.165) is 12.2 Å². The van der Waals surface area contributed by atoms with E-state index in [2.05, 4.69) is 5.32 Å². The summed E-state index contributed by atoms with van der Waals surface area (Å²) in [6, 6.07) is 9.10. The molecule has 0 fully saturated rings. The summed E-state index contributed by atoms with van der Waals surface area (Å²) in [6.45, 7) is 6.38. The molecule has 19 heavy (non-hydrogen) atoms. The molecule has 0 saturated carbocycles. The van der Waals surface area contributed by atoms with Gasteiger partial charge in [0.05, 0.1) is 12.6 Å². The summed E-state index contributed by atoms with van der Waals surface area (Å²) >= 11 is 0. The Kier molecular flexibility index (Phi) is 6.36. The molecule has 3 atom stereocenters. The minimum Gasteiger partial charge on any atom is -0.489 e. The Balaban J connectivity index is 2.34. The van der Waals surface area contributed by atoms with Crippen LogP contribution in [0.1, 0.15) is 27.2 Å². The number of nitrogens with one attached hydrogen (secondary N) is 1. The van der Waals surface area contributed by atoms with E-state index in [1.807, 2.05) is 51.1 Å². The van der Waals surface area contributed by atoms with Gasteiger partial charge in [-0.2, -0.15) is 0 Å². The third-order valence-electron chi connectivity index (χ3n) is 3.20. The first-order valence-corrected chi connectivity index (χ1v) is 6.79. The molecule has 1 rings (SSSR count). The maximum Gasteiger partial charge on any atom is 0.237 e. The summed E-state index contributed by atoms with van der Waals surface area (Å²) < 4.78 is 5.68. The second-order valence-corrected chi connectivity index (χ2v) is 4.90. The van der Waals surface area contributed by atoms with E-state index in [1.54, 1.807) is 0 Å². The van der Waals surface area contributed by atoms with Crippen LogP contribution in [-0.4, -0.2) is 24.6 Å². The fraction of sp³-hybridized carbons (Fsp3) is 0.533. The zero-order chi connectivity index (χ0) is 14.3. The summed E-state index contributed by atoms with van der Waals surface area (Å²) in [7, 11) is 0. The lowest BCUT2D eigenvalue weighted by molar-refractivity contribution is -0.123. The van der Waals surface area contributed by atoms with Crippen molar-refractivity contribution in [2.45, 2.75) is 39.3 Å². The third kappa shape index (κ3) is 5.30. The largest absolute Gasteiger partial charge is 0.489 e. The fourth-order valence-electron chi connectivity index (χ4n) is 1.65. The molecular weight excluding hydrogens is 240 g/mol. The Morgan fingerprint density at radius 2 is 1.95 bits per heavy atom. The van der Waals surface area contributed by atoms with Gasteiger partial charge in [0.2, 0.25) is 5.91 Å². The maximum absolute atomic E-state index is 11.8. The second kappa shape index (κ2) is 7.79. The standard InChI is InChI=1S/C15H24N2O2/c1-4-11(2)14(16)15(18)17-10-12(3)19-13-8-6-5-7-9-13/h5-9,11-12,14H,4,10,16H2,1-3H3,(H,17,18). The molecule has 0 saturated heterocycles. The van der Waals surface area contributed by atoms with Crippen LogP contribution in [0.15, 0.2) is 30.3 Å². The van der Waals surface area contributed by atoms with Crippen molar-refractivity contribution >= 4 is 5.91 Å². The van der Waals surface area contributed by atoms with E-state index >= 15 is 0 Å². The quantitative estimate of drug-likeness (QED) is 0.791. The van der Waals surface area contributed by atoms with Gasteiger partial charge in [-0.1, -0.05) is 38.5 Å². The number of para-hydroxylation sites is 1. The Hall–Kier alpha value is -1.55. The first-order chi connectivity index (χ1) is 9.04. The van der Waals surface area contributed by atoms with Gasteiger partial charge in [-0.3, -0.25) is 4.79 Å². The van der Waals surface area contributed by atoms with Gasteiger partial charge in [-0.15, -0.1) is 0 Å². The van der Waals surface area contributed by atoms with Gasteiger partial charge >= 0.3 is 0 Å². The van der Waals surface area contributed by atoms with Gasteiger partial charge in [-0.25, -0.2) is 0 Å². The lowest BCUT2D eigenvalue weighted by atomic mass is 9.99. The summed E-state index contributed by atoms with van der Waals surface area (Å²) in [6.07, 6.45) is 0.806. The van der Waals surface area contributed by atoms with Crippen molar-refractivity contribution in [2.24, 2.45) is 11.7 Å². The van der Waals surface area contributed by atoms with Crippen molar-refractivity contribution in [1.82, 2.24) is 5.32 Å². The average molecular weight is 264 g/mol. The predicted molar refractivity (Wildman–Crippen MR) is 77.0 cm³/mol. The van der Waals surface area contributed by atoms with Crippen LogP contribution in [0.5, 0.6) is 5.75 Å². The first kappa shape index (κ1) is 15.5. The lowest BCUT2D eigenvalue weighted by Crippen LogP contribution is -2.46. The highest BCUT2D eigenvalue weighted by Crippen LogP contribution is 2.10. The second-order valence-electron chi connectivity index (χ2n) is 4.90. The van der Waals surface area contributed by atoms with Gasteiger partial charge < -0.3 is 15.8 Å². The maximum atomic E-state index is 11.8. The Bertz CT molecular complexity index is 381. The molecule has 3 N–H and O–H groups in total. The number of rotatable bonds is 7. The number of carbonyl (C=O) groups is 1. The molecule has 4 heteroatoms. The Morgan fingerprint density at radius 1 is 1.32 bits per heavy atom. The van der Waals surface area contributed by atoms with Crippen molar-refractivity contribution in [3.05, 3.63) is 30.3 Å². The number of carbonyl (C=O) groups excluding carboxylic acids is 1. The minimum absolute atomic E-state index is 0.0875. The van der Waals surface area contributed by atoms with Crippen LogP contribution in [0.2, 0.25) is 0 Å². The highest BCUT2D eigenvalue weighted by atomic mass is 16.5. The number of hydrogen-bond donors (Lipinski definition) is 2. The van der Waals surface area contributed by atoms with Crippen LogP contribution < -0.4 is 15.8 Å². The van der Waals surface area contributed by atoms with Crippen LogP contribution in [-0.2, 0) is 4.79 Å². The zero-order valence-electron chi connectivity index (χ0n) is 11.9. The minimum atomic E-state index is -0.450. The van der Waals surface area contributed by atoms with Crippen molar-refractivity contribution < 1.29 is 9.53 Å². The van der Waals surface area contributed by atoms with Crippen LogP contribution in [0.3, 0.4) is 0 Å². The average Bonchev–Trinajstić information content (AvgIpc) is 2.44. The fourth-order valence-corrected chi connectivity index (χ4v) is 1.65. The number of nitrogens with two attached hydrogens (primary N) is 1. The highest BCUT2D eigenvalue weighted by Gasteiger charge is 2.19. The van der Waals surface area contributed by atoms with E-state index in [1.165, 1.54) is 0 Å². The van der Waals surface area contributed by atoms with Gasteiger partial charge in [0.25, 0.3) is 0 Å². The van der Waals surface area contributed by atoms with Gasteiger partial charge in [0.15, 0.2) is 0 Å². The van der Waals surface area contributed by atoms with Crippen LogP contribution >= 0.6 is 0 Å². The van der Waals surface area contributed by atoms with Crippen molar-refractivity contribution in [1.29, 1.82) is 0 Å². The molecule has 0 heterocycles. The van der Waals surface area contributed by atoms with Crippen LogP contribution in [0.25, 0.3) is 0 Å². The molecule has 0 spiro atoms. The third-order valence-corrected chi connectivity index (χ3v) is 3.20. The number of ether oxygens (including phenoxy) is 1. The van der Waals surface area contributed by atoms with Crippen molar-refractivity contribution in [3.63, 3.8) is 0 Å². The molecular formula is C15H24N2O2. The molecule has 3 unspecified atom stereocenters. The molecule has 106 valence electrons. The molecule has 1 aromatic carbocycles. The SMILES string of the molecule is CCC(C)C(N)C(=O)NCC(C)Oc1ccccc1. The summed E-state index contributed by atoms with van der Waals surface area (Å²) in [5.74, 6) is 0.874. The number of amides is 1. The Morgan fingerprint density at radius 3 is 2.53 bits per heavy atom. The zero-order valence-corrected chi connectivity index (χ0v) is 11.9. The topological polar surface area (TPSA) is 64.4 Å². The molecule has 0 aliphatic heterocycles. The van der Waals surface area contributed by atoms with E-state index in [0.29, 0.717) is 6.54 Å². The Labute approximate surface area is 115 Å². The smallest absolute Gasteiger partial charge is 0.237 e. The van der Waals surface area contributed by atoms with E-state index in [-0.39, 0.29) is 17.9 Å². The van der Waals surface area contributed by atoms with E-state index in [9.17, 15) is 4.79 Å². The molecule has 4 nitrogen and oxygen atoms in total. The molecule has 1 aromatic rings. The monoisotopic (exact) mass is 264 g/mol. The van der Waals surface area contributed by atoms with Gasteiger partial charge in [0, 0.05) is 0 Å². The number of benzene rings is 1. The van der Waals surface area contributed by atoms with Crippen LogP contribution in [0, 0.1) is 5.92 Å². The van der Waals surface area contributed by atoms with Gasteiger partial charge in [-0.05, 0) is 25.0 Å². The van der Waals surface area contributed by atoms with Gasteiger partial charge in [0.1, 0.15) is 11.9 Å². The molecule has 0 bridgehead atoms. The normalized spacial score (nSPS) is 15.4. The molecule has 0 aliphatic carbocycles. The van der Waals surface area contributed by atoms with Crippen molar-refractivity contribution in [2.75, 3.05) is 6.54 Å². The van der Waals surface area contributed by atoms with E-state index < -0.39 is 6.04 Å². The summed E-state index contributed by atoms with van der Waals surface area (Å²) in [5, 5.41) is 2.83. The summed E-state index contributed by atoms with van der Waals surface area (Å²) in [5.41, 5.74) is 5.86. The molecule has 0 aliphatic rings. The van der Waals surface area contributed by atoms with Crippen molar-refractivity contribution in [3.8, 4) is 5.75 Å². The molecule has 1 amide bonds.